The molecule has 0 saturated heterocycles. The van der Waals surface area contributed by atoms with Crippen molar-refractivity contribution >= 4 is 5.97 Å². The topological polar surface area (TPSA) is 59.0 Å². The van der Waals surface area contributed by atoms with Gasteiger partial charge < -0.3 is 14.6 Å². The van der Waals surface area contributed by atoms with Crippen LogP contribution in [-0.4, -0.2) is 61.5 Å². The minimum Gasteiger partial charge on any atom is -0.464 e. The molecule has 0 unspecified atom stereocenters. The second-order valence-electron chi connectivity index (χ2n) is 4.06. The van der Waals surface area contributed by atoms with Gasteiger partial charge in [0.1, 0.15) is 6.61 Å². The van der Waals surface area contributed by atoms with E-state index in [1.54, 1.807) is 6.92 Å². The van der Waals surface area contributed by atoms with Crippen LogP contribution in [0, 0.1) is 0 Å². The molecule has 0 radical (unpaired) electrons. The predicted molar refractivity (Wildman–Crippen MR) is 65.9 cm³/mol. The lowest BCUT2D eigenvalue weighted by molar-refractivity contribution is -0.148. The number of carbonyl (C=O) groups excluding carboxylic acids is 1. The zero-order valence-corrected chi connectivity index (χ0v) is 11.1. The highest BCUT2D eigenvalue weighted by molar-refractivity contribution is 5.70. The van der Waals surface area contributed by atoms with E-state index in [2.05, 4.69) is 18.7 Å². The summed E-state index contributed by atoms with van der Waals surface area (Å²) in [6, 6.07) is 0.410. The lowest BCUT2D eigenvalue weighted by Gasteiger charge is -2.25. The van der Waals surface area contributed by atoms with Gasteiger partial charge in [-0.2, -0.15) is 0 Å². The highest BCUT2D eigenvalue weighted by Gasteiger charge is 2.09. The summed E-state index contributed by atoms with van der Waals surface area (Å²) in [6.07, 6.45) is 0.760. The number of rotatable bonds is 10. The molecule has 0 spiro atoms. The van der Waals surface area contributed by atoms with Crippen molar-refractivity contribution in [2.75, 3.05) is 39.5 Å². The van der Waals surface area contributed by atoms with Gasteiger partial charge >= 0.3 is 5.97 Å². The Kier molecular flexibility index (Phi) is 10.1. The number of nitrogens with zero attached hydrogens (tertiary/aromatic N) is 1. The summed E-state index contributed by atoms with van der Waals surface area (Å²) in [5.74, 6) is -0.320. The van der Waals surface area contributed by atoms with E-state index in [4.69, 9.17) is 14.6 Å². The summed E-state index contributed by atoms with van der Waals surface area (Å²) in [5.41, 5.74) is 0. The van der Waals surface area contributed by atoms with E-state index >= 15 is 0 Å². The van der Waals surface area contributed by atoms with Crippen molar-refractivity contribution in [3.05, 3.63) is 0 Å². The lowest BCUT2D eigenvalue weighted by Crippen LogP contribution is -2.35. The van der Waals surface area contributed by atoms with Crippen LogP contribution in [0.3, 0.4) is 0 Å². The Morgan fingerprint density at radius 1 is 1.35 bits per heavy atom. The van der Waals surface area contributed by atoms with Gasteiger partial charge in [0.15, 0.2) is 0 Å². The van der Waals surface area contributed by atoms with Crippen molar-refractivity contribution in [1.29, 1.82) is 0 Å². The van der Waals surface area contributed by atoms with Gasteiger partial charge in [0.2, 0.25) is 0 Å². The number of esters is 1. The molecule has 0 fully saturated rings. The Hall–Kier alpha value is -0.650. The Balaban J connectivity index is 3.63. The molecule has 0 aliphatic rings. The first kappa shape index (κ1) is 16.4. The van der Waals surface area contributed by atoms with Crippen LogP contribution < -0.4 is 0 Å². The largest absolute Gasteiger partial charge is 0.464 e. The van der Waals surface area contributed by atoms with Gasteiger partial charge in [-0.25, -0.2) is 4.79 Å². The van der Waals surface area contributed by atoms with Crippen LogP contribution in [-0.2, 0) is 14.3 Å². The fraction of sp³-hybridized carbons (Fsp3) is 0.917. The minimum atomic E-state index is -0.320. The fourth-order valence-electron chi connectivity index (χ4n) is 1.44. The molecule has 102 valence electrons. The standard InChI is InChI=1S/C12H25NO4/c1-4-17-12(15)10-16-9-7-13(11(2)3)6-5-8-14/h11,14H,4-10H2,1-3H3. The molecule has 5 nitrogen and oxygen atoms in total. The molecular formula is C12H25NO4. The fourth-order valence-corrected chi connectivity index (χ4v) is 1.44. The Bertz CT molecular complexity index is 197. The molecule has 0 aromatic rings. The summed E-state index contributed by atoms with van der Waals surface area (Å²) >= 11 is 0. The summed E-state index contributed by atoms with van der Waals surface area (Å²) in [6.45, 7) is 8.68. The normalized spacial score (nSPS) is 11.2. The first-order valence-electron chi connectivity index (χ1n) is 6.20. The zero-order valence-electron chi connectivity index (χ0n) is 11.1. The van der Waals surface area contributed by atoms with Gasteiger partial charge in [0.05, 0.1) is 13.2 Å². The summed E-state index contributed by atoms with van der Waals surface area (Å²) in [5, 5.41) is 8.78. The van der Waals surface area contributed by atoms with Crippen LogP contribution in [0.25, 0.3) is 0 Å². The molecular weight excluding hydrogens is 222 g/mol. The monoisotopic (exact) mass is 247 g/mol. The van der Waals surface area contributed by atoms with E-state index in [0.29, 0.717) is 19.3 Å². The minimum absolute atomic E-state index is 0.0137. The van der Waals surface area contributed by atoms with Gasteiger partial charge in [-0.3, -0.25) is 4.90 Å². The van der Waals surface area contributed by atoms with Gasteiger partial charge in [-0.15, -0.1) is 0 Å². The Morgan fingerprint density at radius 2 is 2.06 bits per heavy atom. The van der Waals surface area contributed by atoms with Crippen molar-refractivity contribution in [1.82, 2.24) is 4.90 Å². The molecule has 0 amide bonds. The average Bonchev–Trinajstić information content (AvgIpc) is 2.28. The smallest absolute Gasteiger partial charge is 0.332 e. The SMILES string of the molecule is CCOC(=O)COCCN(CCCO)C(C)C. The summed E-state index contributed by atoms with van der Waals surface area (Å²) in [7, 11) is 0. The molecule has 0 heterocycles. The summed E-state index contributed by atoms with van der Waals surface area (Å²) < 4.78 is 9.98. The third-order valence-corrected chi connectivity index (χ3v) is 2.38. The van der Waals surface area contributed by atoms with Crippen LogP contribution >= 0.6 is 0 Å². The molecule has 0 rings (SSSR count). The van der Waals surface area contributed by atoms with E-state index in [-0.39, 0.29) is 19.2 Å². The number of hydrogen-bond acceptors (Lipinski definition) is 5. The number of ether oxygens (including phenoxy) is 2. The number of aliphatic hydroxyl groups is 1. The molecule has 5 heteroatoms. The quantitative estimate of drug-likeness (QED) is 0.454. The van der Waals surface area contributed by atoms with Crippen molar-refractivity contribution < 1.29 is 19.4 Å². The van der Waals surface area contributed by atoms with E-state index in [1.165, 1.54) is 0 Å². The third kappa shape index (κ3) is 9.09. The van der Waals surface area contributed by atoms with Crippen molar-refractivity contribution in [2.45, 2.75) is 33.2 Å². The lowest BCUT2D eigenvalue weighted by atomic mass is 10.3. The van der Waals surface area contributed by atoms with Crippen LogP contribution in [0.2, 0.25) is 0 Å². The van der Waals surface area contributed by atoms with E-state index < -0.39 is 0 Å². The predicted octanol–water partition coefficient (Wildman–Crippen LogP) is 0.659. The van der Waals surface area contributed by atoms with Crippen LogP contribution in [0.1, 0.15) is 27.2 Å². The van der Waals surface area contributed by atoms with Crippen molar-refractivity contribution in [3.8, 4) is 0 Å². The van der Waals surface area contributed by atoms with Crippen molar-refractivity contribution in [3.63, 3.8) is 0 Å². The zero-order chi connectivity index (χ0) is 13.1. The van der Waals surface area contributed by atoms with E-state index in [9.17, 15) is 4.79 Å². The summed E-state index contributed by atoms with van der Waals surface area (Å²) in [4.78, 5) is 13.2. The van der Waals surface area contributed by atoms with Crippen molar-refractivity contribution in [2.24, 2.45) is 0 Å². The molecule has 1 N–H and O–H groups in total. The number of carbonyl (C=O) groups is 1. The Labute approximate surface area is 104 Å². The van der Waals surface area contributed by atoms with Gasteiger partial charge in [0.25, 0.3) is 0 Å². The second kappa shape index (κ2) is 10.5. The first-order valence-corrected chi connectivity index (χ1v) is 6.20. The average molecular weight is 247 g/mol. The van der Waals surface area contributed by atoms with Crippen LogP contribution in [0.4, 0.5) is 0 Å². The molecule has 0 aromatic carbocycles. The maximum atomic E-state index is 11.0. The molecule has 0 aromatic heterocycles. The van der Waals surface area contributed by atoms with Gasteiger partial charge in [0, 0.05) is 25.7 Å². The van der Waals surface area contributed by atoms with Crippen LogP contribution in [0.5, 0.6) is 0 Å². The highest BCUT2D eigenvalue weighted by Crippen LogP contribution is 1.99. The highest BCUT2D eigenvalue weighted by atomic mass is 16.6. The molecule has 0 atom stereocenters. The van der Waals surface area contributed by atoms with Crippen LogP contribution in [0.15, 0.2) is 0 Å². The van der Waals surface area contributed by atoms with Gasteiger partial charge in [-0.05, 0) is 27.2 Å². The number of aliphatic hydroxyl groups excluding tert-OH is 1. The number of hydrogen-bond donors (Lipinski definition) is 1. The third-order valence-electron chi connectivity index (χ3n) is 2.38. The molecule has 0 aliphatic heterocycles. The molecule has 0 aliphatic carbocycles. The maximum absolute atomic E-state index is 11.0. The Morgan fingerprint density at radius 3 is 2.59 bits per heavy atom. The molecule has 17 heavy (non-hydrogen) atoms. The van der Waals surface area contributed by atoms with E-state index in [0.717, 1.165) is 19.5 Å². The van der Waals surface area contributed by atoms with E-state index in [1.807, 2.05) is 0 Å². The molecule has 0 saturated carbocycles. The first-order chi connectivity index (χ1) is 8.11. The maximum Gasteiger partial charge on any atom is 0.332 e. The second-order valence-corrected chi connectivity index (χ2v) is 4.06. The molecule has 0 bridgehead atoms. The van der Waals surface area contributed by atoms with Gasteiger partial charge in [-0.1, -0.05) is 0 Å².